The summed E-state index contributed by atoms with van der Waals surface area (Å²) < 4.78 is 0. The number of nitrogens with one attached hydrogen (secondary N) is 1. The van der Waals surface area contributed by atoms with Gasteiger partial charge in [-0.05, 0) is 44.4 Å². The van der Waals surface area contributed by atoms with Crippen molar-refractivity contribution in [3.63, 3.8) is 0 Å². The lowest BCUT2D eigenvalue weighted by Gasteiger charge is -2.17. The maximum atomic E-state index is 4.57. The van der Waals surface area contributed by atoms with Crippen molar-refractivity contribution in [3.8, 4) is 0 Å². The van der Waals surface area contributed by atoms with Crippen molar-refractivity contribution in [2.75, 3.05) is 7.05 Å². The van der Waals surface area contributed by atoms with E-state index in [1.807, 2.05) is 13.2 Å². The molecule has 1 unspecified atom stereocenters. The first-order chi connectivity index (χ1) is 7.20. The summed E-state index contributed by atoms with van der Waals surface area (Å²) in [6.45, 7) is 4.26. The zero-order chi connectivity index (χ0) is 10.8. The Hall–Kier alpha value is -0.890. The maximum absolute atomic E-state index is 4.57. The molecule has 82 valence electrons. The molecular weight excluding hydrogens is 184 g/mol. The Balaban J connectivity index is 2.16. The summed E-state index contributed by atoms with van der Waals surface area (Å²) in [7, 11) is 2.04. The van der Waals surface area contributed by atoms with Crippen LogP contribution < -0.4 is 5.32 Å². The van der Waals surface area contributed by atoms with Gasteiger partial charge in [-0.25, -0.2) is 0 Å². The highest BCUT2D eigenvalue weighted by molar-refractivity contribution is 5.25. The Labute approximate surface area is 92.1 Å². The van der Waals surface area contributed by atoms with Crippen LogP contribution in [0, 0.1) is 19.8 Å². The molecule has 1 aromatic rings. The lowest BCUT2D eigenvalue weighted by molar-refractivity contribution is 0.500. The van der Waals surface area contributed by atoms with Crippen molar-refractivity contribution >= 4 is 0 Å². The van der Waals surface area contributed by atoms with Crippen LogP contribution in [0.2, 0.25) is 0 Å². The summed E-state index contributed by atoms with van der Waals surface area (Å²) >= 11 is 0. The van der Waals surface area contributed by atoms with Gasteiger partial charge in [0.1, 0.15) is 0 Å². The molecule has 15 heavy (non-hydrogen) atoms. The highest BCUT2D eigenvalue weighted by Crippen LogP contribution is 2.37. The van der Waals surface area contributed by atoms with Gasteiger partial charge in [0.25, 0.3) is 0 Å². The zero-order valence-corrected chi connectivity index (χ0v) is 9.88. The van der Waals surface area contributed by atoms with Crippen LogP contribution in [0.5, 0.6) is 0 Å². The number of aryl methyl sites for hydroxylation is 2. The fourth-order valence-corrected chi connectivity index (χ4v) is 2.14. The van der Waals surface area contributed by atoms with Crippen molar-refractivity contribution < 1.29 is 0 Å². The standard InChI is InChI=1S/C13H20N2/c1-9-6-10(2)13(15-8-9)12(14-3)7-11-4-5-11/h6,8,11-12,14H,4-5,7H2,1-3H3. The Kier molecular flexibility index (Phi) is 3.06. The Morgan fingerprint density at radius 2 is 2.20 bits per heavy atom. The number of nitrogens with zero attached hydrogens (tertiary/aromatic N) is 1. The van der Waals surface area contributed by atoms with Crippen molar-refractivity contribution in [1.29, 1.82) is 0 Å². The van der Waals surface area contributed by atoms with Gasteiger partial charge < -0.3 is 5.32 Å². The average Bonchev–Trinajstić information content (AvgIpc) is 2.99. The number of pyridine rings is 1. The summed E-state index contributed by atoms with van der Waals surface area (Å²) in [4.78, 5) is 4.57. The minimum atomic E-state index is 0.443. The van der Waals surface area contributed by atoms with Crippen LogP contribution in [-0.4, -0.2) is 12.0 Å². The molecule has 0 bridgehead atoms. The quantitative estimate of drug-likeness (QED) is 0.815. The van der Waals surface area contributed by atoms with Crippen LogP contribution in [0.4, 0.5) is 0 Å². The fraction of sp³-hybridized carbons (Fsp3) is 0.615. The van der Waals surface area contributed by atoms with Gasteiger partial charge in [0.05, 0.1) is 5.69 Å². The second kappa shape index (κ2) is 4.31. The molecule has 0 aromatic carbocycles. The Morgan fingerprint density at radius 1 is 1.47 bits per heavy atom. The van der Waals surface area contributed by atoms with Gasteiger partial charge in [0, 0.05) is 12.2 Å². The van der Waals surface area contributed by atoms with E-state index >= 15 is 0 Å². The van der Waals surface area contributed by atoms with Crippen LogP contribution in [0.3, 0.4) is 0 Å². The third kappa shape index (κ3) is 2.57. The predicted molar refractivity (Wildman–Crippen MR) is 62.9 cm³/mol. The largest absolute Gasteiger partial charge is 0.312 e. The predicted octanol–water partition coefficient (Wildman–Crippen LogP) is 2.76. The molecule has 1 aromatic heterocycles. The van der Waals surface area contributed by atoms with E-state index < -0.39 is 0 Å². The molecule has 2 nitrogen and oxygen atoms in total. The van der Waals surface area contributed by atoms with E-state index in [2.05, 4.69) is 30.2 Å². The smallest absolute Gasteiger partial charge is 0.0602 e. The first-order valence-corrected chi connectivity index (χ1v) is 5.81. The molecule has 1 aliphatic rings. The van der Waals surface area contributed by atoms with Gasteiger partial charge in [0.15, 0.2) is 0 Å². The summed E-state index contributed by atoms with van der Waals surface area (Å²) in [5, 5.41) is 3.39. The van der Waals surface area contributed by atoms with Crippen molar-refractivity contribution in [2.24, 2.45) is 5.92 Å². The second-order valence-electron chi connectivity index (χ2n) is 4.74. The van der Waals surface area contributed by atoms with Gasteiger partial charge in [-0.15, -0.1) is 0 Å². The number of hydrogen-bond acceptors (Lipinski definition) is 2. The zero-order valence-electron chi connectivity index (χ0n) is 9.88. The molecule has 0 saturated heterocycles. The van der Waals surface area contributed by atoms with Crippen LogP contribution in [0.15, 0.2) is 12.3 Å². The maximum Gasteiger partial charge on any atom is 0.0602 e. The molecule has 0 aliphatic heterocycles. The number of aromatic nitrogens is 1. The summed E-state index contributed by atoms with van der Waals surface area (Å²) in [5.41, 5.74) is 3.79. The molecule has 0 spiro atoms. The SMILES string of the molecule is CNC(CC1CC1)c1ncc(C)cc1C. The fourth-order valence-electron chi connectivity index (χ4n) is 2.14. The average molecular weight is 204 g/mol. The van der Waals surface area contributed by atoms with Crippen LogP contribution in [0.25, 0.3) is 0 Å². The molecule has 1 heterocycles. The third-order valence-corrected chi connectivity index (χ3v) is 3.20. The van der Waals surface area contributed by atoms with Crippen LogP contribution >= 0.6 is 0 Å². The molecular formula is C13H20N2. The van der Waals surface area contributed by atoms with Gasteiger partial charge in [-0.2, -0.15) is 0 Å². The normalized spacial score (nSPS) is 17.8. The van der Waals surface area contributed by atoms with E-state index in [9.17, 15) is 0 Å². The molecule has 2 rings (SSSR count). The minimum absolute atomic E-state index is 0.443. The van der Waals surface area contributed by atoms with Crippen LogP contribution in [-0.2, 0) is 0 Å². The number of hydrogen-bond donors (Lipinski definition) is 1. The highest BCUT2D eigenvalue weighted by Gasteiger charge is 2.26. The van der Waals surface area contributed by atoms with Gasteiger partial charge >= 0.3 is 0 Å². The Morgan fingerprint density at radius 3 is 2.73 bits per heavy atom. The molecule has 0 radical (unpaired) electrons. The molecule has 1 fully saturated rings. The summed E-state index contributed by atoms with van der Waals surface area (Å²) in [5.74, 6) is 0.935. The van der Waals surface area contributed by atoms with E-state index in [-0.39, 0.29) is 0 Å². The molecule has 2 heteroatoms. The monoisotopic (exact) mass is 204 g/mol. The van der Waals surface area contributed by atoms with E-state index in [0.717, 1.165) is 5.92 Å². The van der Waals surface area contributed by atoms with E-state index in [4.69, 9.17) is 0 Å². The molecule has 1 atom stereocenters. The molecule has 0 amide bonds. The lowest BCUT2D eigenvalue weighted by Crippen LogP contribution is -2.19. The highest BCUT2D eigenvalue weighted by atomic mass is 14.9. The summed E-state index contributed by atoms with van der Waals surface area (Å²) in [6, 6.07) is 2.66. The van der Waals surface area contributed by atoms with Crippen molar-refractivity contribution in [3.05, 3.63) is 29.1 Å². The van der Waals surface area contributed by atoms with Gasteiger partial charge in [-0.3, -0.25) is 4.98 Å². The minimum Gasteiger partial charge on any atom is -0.312 e. The molecule has 1 saturated carbocycles. The topological polar surface area (TPSA) is 24.9 Å². The van der Waals surface area contributed by atoms with Gasteiger partial charge in [-0.1, -0.05) is 18.9 Å². The van der Waals surface area contributed by atoms with Crippen LogP contribution in [0.1, 0.15) is 42.1 Å². The van der Waals surface area contributed by atoms with E-state index in [0.29, 0.717) is 6.04 Å². The van der Waals surface area contributed by atoms with Crippen molar-refractivity contribution in [1.82, 2.24) is 10.3 Å². The van der Waals surface area contributed by atoms with E-state index in [1.54, 1.807) is 0 Å². The molecule has 1 N–H and O–H groups in total. The second-order valence-corrected chi connectivity index (χ2v) is 4.74. The Bertz CT molecular complexity index is 342. The first-order valence-electron chi connectivity index (χ1n) is 5.81. The van der Waals surface area contributed by atoms with E-state index in [1.165, 1.54) is 36.1 Å². The number of rotatable bonds is 4. The first kappa shape index (κ1) is 10.6. The lowest BCUT2D eigenvalue weighted by atomic mass is 10.0. The molecule has 1 aliphatic carbocycles. The third-order valence-electron chi connectivity index (χ3n) is 3.20. The summed E-state index contributed by atoms with van der Waals surface area (Å²) in [6.07, 6.45) is 6.03. The van der Waals surface area contributed by atoms with Gasteiger partial charge in [0.2, 0.25) is 0 Å². The van der Waals surface area contributed by atoms with Crippen molar-refractivity contribution in [2.45, 2.75) is 39.2 Å².